The first-order valence-corrected chi connectivity index (χ1v) is 9.97. The third-order valence-corrected chi connectivity index (χ3v) is 5.55. The van der Waals surface area contributed by atoms with Crippen molar-refractivity contribution < 1.29 is 9.53 Å². The van der Waals surface area contributed by atoms with E-state index in [0.29, 0.717) is 24.7 Å². The van der Waals surface area contributed by atoms with E-state index in [1.807, 2.05) is 41.3 Å². The van der Waals surface area contributed by atoms with Crippen LogP contribution < -0.4 is 4.74 Å². The van der Waals surface area contributed by atoms with E-state index < -0.39 is 0 Å². The lowest BCUT2D eigenvalue weighted by Gasteiger charge is -2.29. The Balaban J connectivity index is 1.53. The van der Waals surface area contributed by atoms with E-state index in [2.05, 4.69) is 4.98 Å². The lowest BCUT2D eigenvalue weighted by atomic mass is 9.98. The highest BCUT2D eigenvalue weighted by atomic mass is 16.5. The quantitative estimate of drug-likeness (QED) is 0.685. The van der Waals surface area contributed by atoms with Crippen LogP contribution in [0.1, 0.15) is 46.3 Å². The van der Waals surface area contributed by atoms with Gasteiger partial charge in [-0.1, -0.05) is 6.07 Å². The summed E-state index contributed by atoms with van der Waals surface area (Å²) in [6.07, 6.45) is 4.70. The van der Waals surface area contributed by atoms with E-state index in [9.17, 15) is 4.79 Å². The van der Waals surface area contributed by atoms with Gasteiger partial charge < -0.3 is 9.64 Å². The monoisotopic (exact) mass is 386 g/mol. The number of rotatable bonds is 4. The van der Waals surface area contributed by atoms with E-state index in [-0.39, 0.29) is 5.91 Å². The number of pyridine rings is 1. The number of carbonyl (C=O) groups excluding carboxylic acids is 1. The van der Waals surface area contributed by atoms with Crippen molar-refractivity contribution in [3.05, 3.63) is 71.4 Å². The van der Waals surface area contributed by atoms with Crippen LogP contribution >= 0.6 is 0 Å². The average molecular weight is 386 g/mol. The van der Waals surface area contributed by atoms with Crippen molar-refractivity contribution in [2.24, 2.45) is 0 Å². The van der Waals surface area contributed by atoms with Crippen LogP contribution in [0.5, 0.6) is 5.75 Å². The summed E-state index contributed by atoms with van der Waals surface area (Å²) in [5.41, 5.74) is 4.53. The van der Waals surface area contributed by atoms with Crippen LogP contribution in [0.15, 0.2) is 48.7 Å². The van der Waals surface area contributed by atoms with Gasteiger partial charge in [0.25, 0.3) is 5.91 Å². The van der Waals surface area contributed by atoms with E-state index in [0.717, 1.165) is 53.4 Å². The van der Waals surface area contributed by atoms with Crippen molar-refractivity contribution in [1.82, 2.24) is 19.9 Å². The topological polar surface area (TPSA) is 68.2 Å². The number of nitrogens with zero attached hydrogens (tertiary/aromatic N) is 4. The van der Waals surface area contributed by atoms with Gasteiger partial charge in [0.05, 0.1) is 18.5 Å². The minimum atomic E-state index is -0.0526. The smallest absolute Gasteiger partial charge is 0.272 e. The summed E-state index contributed by atoms with van der Waals surface area (Å²) in [4.78, 5) is 28.8. The second-order valence-corrected chi connectivity index (χ2v) is 7.55. The Labute approximate surface area is 169 Å². The fraction of sp³-hybridized carbons (Fsp3) is 0.304. The Morgan fingerprint density at radius 1 is 1.10 bits per heavy atom. The van der Waals surface area contributed by atoms with Gasteiger partial charge in [0.2, 0.25) is 0 Å². The zero-order valence-electron chi connectivity index (χ0n) is 16.3. The van der Waals surface area contributed by atoms with Gasteiger partial charge in [-0.3, -0.25) is 9.78 Å². The highest BCUT2D eigenvalue weighted by molar-refractivity contribution is 5.92. The summed E-state index contributed by atoms with van der Waals surface area (Å²) in [5, 5.41) is 0. The Kier molecular flexibility index (Phi) is 4.46. The molecule has 2 aromatic heterocycles. The van der Waals surface area contributed by atoms with E-state index in [1.165, 1.54) is 0 Å². The van der Waals surface area contributed by atoms with Crippen molar-refractivity contribution >= 4 is 5.91 Å². The van der Waals surface area contributed by atoms with Crippen LogP contribution in [-0.2, 0) is 13.0 Å². The molecule has 146 valence electrons. The fourth-order valence-electron chi connectivity index (χ4n) is 3.77. The van der Waals surface area contributed by atoms with Crippen molar-refractivity contribution in [3.8, 4) is 17.0 Å². The highest BCUT2D eigenvalue weighted by Crippen LogP contribution is 2.40. The predicted octanol–water partition coefficient (Wildman–Crippen LogP) is 3.62. The Morgan fingerprint density at radius 3 is 2.62 bits per heavy atom. The molecule has 29 heavy (non-hydrogen) atoms. The normalized spacial score (nSPS) is 15.7. The van der Waals surface area contributed by atoms with Crippen LogP contribution in [0.4, 0.5) is 0 Å². The molecule has 1 amide bonds. The maximum absolute atomic E-state index is 12.9. The average Bonchev–Trinajstić information content (AvgIpc) is 3.64. The van der Waals surface area contributed by atoms with Gasteiger partial charge in [0, 0.05) is 42.8 Å². The molecule has 3 aromatic rings. The van der Waals surface area contributed by atoms with Crippen molar-refractivity contribution in [2.45, 2.75) is 31.7 Å². The first kappa shape index (κ1) is 17.8. The van der Waals surface area contributed by atoms with Gasteiger partial charge in [-0.05, 0) is 49.2 Å². The predicted molar refractivity (Wildman–Crippen MR) is 109 cm³/mol. The van der Waals surface area contributed by atoms with Crippen molar-refractivity contribution in [2.75, 3.05) is 13.7 Å². The van der Waals surface area contributed by atoms with Crippen molar-refractivity contribution in [1.29, 1.82) is 0 Å². The first-order valence-electron chi connectivity index (χ1n) is 9.97. The zero-order valence-corrected chi connectivity index (χ0v) is 16.3. The lowest BCUT2D eigenvalue weighted by Crippen LogP contribution is -2.37. The summed E-state index contributed by atoms with van der Waals surface area (Å²) >= 11 is 0. The number of methoxy groups -OCH3 is 1. The zero-order chi connectivity index (χ0) is 19.8. The van der Waals surface area contributed by atoms with E-state index >= 15 is 0 Å². The molecule has 3 heterocycles. The lowest BCUT2D eigenvalue weighted by molar-refractivity contribution is 0.0727. The Bertz CT molecular complexity index is 1050. The summed E-state index contributed by atoms with van der Waals surface area (Å²) in [7, 11) is 1.66. The molecule has 6 nitrogen and oxygen atoms in total. The Morgan fingerprint density at radius 2 is 1.93 bits per heavy atom. The number of fused-ring (bicyclic) bond motifs is 1. The molecule has 1 fully saturated rings. The number of benzene rings is 1. The van der Waals surface area contributed by atoms with Crippen LogP contribution in [0.2, 0.25) is 0 Å². The SMILES string of the molecule is COc1ccc(-c2nc(C3CC3)nc3c2CN(C(=O)c2ccccn2)CC3)cc1. The van der Waals surface area contributed by atoms with Gasteiger partial charge in [-0.25, -0.2) is 9.97 Å². The van der Waals surface area contributed by atoms with Crippen LogP contribution in [0.25, 0.3) is 11.3 Å². The summed E-state index contributed by atoms with van der Waals surface area (Å²) in [6, 6.07) is 13.4. The molecule has 0 radical (unpaired) electrons. The fourth-order valence-corrected chi connectivity index (χ4v) is 3.77. The van der Waals surface area contributed by atoms with E-state index in [1.54, 1.807) is 19.4 Å². The molecule has 1 aliphatic heterocycles. The maximum atomic E-state index is 12.9. The summed E-state index contributed by atoms with van der Waals surface area (Å²) in [5.74, 6) is 2.18. The van der Waals surface area contributed by atoms with Gasteiger partial charge in [0.15, 0.2) is 0 Å². The molecule has 0 N–H and O–H groups in total. The molecule has 2 aliphatic rings. The van der Waals surface area contributed by atoms with Crippen LogP contribution in [-0.4, -0.2) is 39.4 Å². The standard InChI is InChI=1S/C23H22N4O2/c1-29-17-9-7-15(8-10-17)21-18-14-27(23(28)20-4-2-3-12-24-20)13-11-19(18)25-22(26-21)16-5-6-16/h2-4,7-10,12,16H,5-6,11,13-14H2,1H3. The van der Waals surface area contributed by atoms with Gasteiger partial charge in [0.1, 0.15) is 17.3 Å². The number of carbonyl (C=O) groups is 1. The number of hydrogen-bond donors (Lipinski definition) is 0. The van der Waals surface area contributed by atoms with Crippen LogP contribution in [0, 0.1) is 0 Å². The molecule has 5 rings (SSSR count). The molecular formula is C23H22N4O2. The Hall–Kier alpha value is -3.28. The van der Waals surface area contributed by atoms with Gasteiger partial charge in [-0.15, -0.1) is 0 Å². The molecule has 0 atom stereocenters. The number of ether oxygens (including phenoxy) is 1. The first-order chi connectivity index (χ1) is 14.2. The third-order valence-electron chi connectivity index (χ3n) is 5.55. The van der Waals surface area contributed by atoms with E-state index in [4.69, 9.17) is 14.7 Å². The number of amides is 1. The second kappa shape index (κ2) is 7.28. The molecule has 6 heteroatoms. The van der Waals surface area contributed by atoms with Crippen molar-refractivity contribution in [3.63, 3.8) is 0 Å². The third kappa shape index (κ3) is 3.46. The number of hydrogen-bond acceptors (Lipinski definition) is 5. The molecule has 1 aromatic carbocycles. The summed E-state index contributed by atoms with van der Waals surface area (Å²) < 4.78 is 5.29. The molecule has 0 saturated heterocycles. The maximum Gasteiger partial charge on any atom is 0.272 e. The molecule has 1 saturated carbocycles. The second-order valence-electron chi connectivity index (χ2n) is 7.55. The minimum absolute atomic E-state index is 0.0526. The molecule has 0 unspecified atom stereocenters. The largest absolute Gasteiger partial charge is 0.497 e. The van der Waals surface area contributed by atoms with Crippen LogP contribution in [0.3, 0.4) is 0 Å². The van der Waals surface area contributed by atoms with Gasteiger partial charge in [-0.2, -0.15) is 0 Å². The molecule has 0 spiro atoms. The highest BCUT2D eigenvalue weighted by Gasteiger charge is 2.31. The minimum Gasteiger partial charge on any atom is -0.497 e. The molecule has 1 aliphatic carbocycles. The summed E-state index contributed by atoms with van der Waals surface area (Å²) in [6.45, 7) is 1.14. The number of aromatic nitrogens is 3. The molecule has 0 bridgehead atoms. The molecular weight excluding hydrogens is 364 g/mol. The van der Waals surface area contributed by atoms with Gasteiger partial charge >= 0.3 is 0 Å².